The first-order valence-corrected chi connectivity index (χ1v) is 7.14. The number of aromatic nitrogens is 1. The number of carbonyl (C=O) groups excluding carboxylic acids is 1. The topological polar surface area (TPSA) is 45.2 Å². The average molecular weight is 271 g/mol. The molecule has 0 spiro atoms. The molecule has 0 saturated carbocycles. The van der Waals surface area contributed by atoms with E-state index in [1.165, 1.54) is 0 Å². The van der Waals surface area contributed by atoms with Crippen molar-refractivity contribution in [2.45, 2.75) is 20.8 Å². The van der Waals surface area contributed by atoms with E-state index in [4.69, 9.17) is 0 Å². The van der Waals surface area contributed by atoms with Crippen LogP contribution in [0.25, 0.3) is 10.9 Å². The molecule has 1 aromatic carbocycles. The second-order valence-corrected chi connectivity index (χ2v) is 4.58. The molecule has 0 aliphatic heterocycles. The standard InChI is InChI=1S/C16H21N3O/c1-4-17-14-11-15(16(20)19(5-2)6-3)18-13-10-8-7-9-12(13)14/h7-11H,4-6H2,1-3H3,(H,17,18). The molecule has 1 heterocycles. The Hall–Kier alpha value is -2.10. The van der Waals surface area contributed by atoms with E-state index in [1.54, 1.807) is 4.90 Å². The van der Waals surface area contributed by atoms with Gasteiger partial charge in [0, 0.05) is 30.7 Å². The number of hydrogen-bond acceptors (Lipinski definition) is 3. The molecule has 0 radical (unpaired) electrons. The average Bonchev–Trinajstić information content (AvgIpc) is 2.48. The molecule has 1 aromatic heterocycles. The second kappa shape index (κ2) is 6.37. The predicted molar refractivity (Wildman–Crippen MR) is 83.2 cm³/mol. The summed E-state index contributed by atoms with van der Waals surface area (Å²) < 4.78 is 0. The molecule has 4 nitrogen and oxygen atoms in total. The zero-order valence-electron chi connectivity index (χ0n) is 12.3. The van der Waals surface area contributed by atoms with Crippen LogP contribution in [0.1, 0.15) is 31.3 Å². The van der Waals surface area contributed by atoms with Gasteiger partial charge in [-0.25, -0.2) is 4.98 Å². The number of hydrogen-bond donors (Lipinski definition) is 1. The number of fused-ring (bicyclic) bond motifs is 1. The van der Waals surface area contributed by atoms with Crippen molar-refractivity contribution in [3.63, 3.8) is 0 Å². The molecule has 0 saturated heterocycles. The van der Waals surface area contributed by atoms with Gasteiger partial charge in [-0.05, 0) is 32.9 Å². The number of carbonyl (C=O) groups is 1. The maximum Gasteiger partial charge on any atom is 0.272 e. The van der Waals surface area contributed by atoms with E-state index in [0.717, 1.165) is 23.1 Å². The molecule has 0 aliphatic carbocycles. The first kappa shape index (κ1) is 14.3. The minimum atomic E-state index is -0.0140. The van der Waals surface area contributed by atoms with Crippen molar-refractivity contribution in [3.05, 3.63) is 36.0 Å². The molecule has 0 fully saturated rings. The van der Waals surface area contributed by atoms with Crippen LogP contribution in [-0.2, 0) is 0 Å². The molecular formula is C16H21N3O. The molecule has 1 amide bonds. The van der Waals surface area contributed by atoms with Gasteiger partial charge in [0.2, 0.25) is 0 Å². The van der Waals surface area contributed by atoms with Crippen LogP contribution in [0.2, 0.25) is 0 Å². The summed E-state index contributed by atoms with van der Waals surface area (Å²) in [6, 6.07) is 9.74. The van der Waals surface area contributed by atoms with Gasteiger partial charge in [0.25, 0.3) is 5.91 Å². The second-order valence-electron chi connectivity index (χ2n) is 4.58. The number of amides is 1. The van der Waals surface area contributed by atoms with Gasteiger partial charge in [-0.3, -0.25) is 4.79 Å². The number of para-hydroxylation sites is 1. The first-order valence-electron chi connectivity index (χ1n) is 7.14. The molecule has 0 atom stereocenters. The van der Waals surface area contributed by atoms with Gasteiger partial charge in [-0.2, -0.15) is 0 Å². The minimum absolute atomic E-state index is 0.0140. The molecule has 4 heteroatoms. The molecule has 1 N–H and O–H groups in total. The summed E-state index contributed by atoms with van der Waals surface area (Å²) in [6.45, 7) is 8.20. The molecule has 0 bridgehead atoms. The molecule has 20 heavy (non-hydrogen) atoms. The first-order chi connectivity index (χ1) is 9.71. The summed E-state index contributed by atoms with van der Waals surface area (Å²) in [4.78, 5) is 18.7. The third-order valence-corrected chi connectivity index (χ3v) is 3.35. The lowest BCUT2D eigenvalue weighted by molar-refractivity contribution is 0.0767. The van der Waals surface area contributed by atoms with E-state index in [2.05, 4.69) is 10.3 Å². The minimum Gasteiger partial charge on any atom is -0.385 e. The van der Waals surface area contributed by atoms with E-state index < -0.39 is 0 Å². The fraction of sp³-hybridized carbons (Fsp3) is 0.375. The normalized spacial score (nSPS) is 10.6. The Morgan fingerprint density at radius 2 is 1.90 bits per heavy atom. The number of anilines is 1. The highest BCUT2D eigenvalue weighted by atomic mass is 16.2. The van der Waals surface area contributed by atoms with Crippen LogP contribution >= 0.6 is 0 Å². The van der Waals surface area contributed by atoms with E-state index >= 15 is 0 Å². The zero-order chi connectivity index (χ0) is 14.5. The highest BCUT2D eigenvalue weighted by molar-refractivity contribution is 5.99. The van der Waals surface area contributed by atoms with Gasteiger partial charge in [-0.15, -0.1) is 0 Å². The van der Waals surface area contributed by atoms with Crippen LogP contribution in [0.5, 0.6) is 0 Å². The summed E-state index contributed by atoms with van der Waals surface area (Å²) in [5.41, 5.74) is 2.32. The Morgan fingerprint density at radius 1 is 1.20 bits per heavy atom. The lowest BCUT2D eigenvalue weighted by Gasteiger charge is -2.19. The van der Waals surface area contributed by atoms with Crippen LogP contribution in [0, 0.1) is 0 Å². The number of benzene rings is 1. The van der Waals surface area contributed by atoms with Gasteiger partial charge in [0.1, 0.15) is 5.69 Å². The fourth-order valence-corrected chi connectivity index (χ4v) is 2.29. The Morgan fingerprint density at radius 3 is 2.55 bits per heavy atom. The Bertz CT molecular complexity index is 606. The van der Waals surface area contributed by atoms with E-state index in [1.807, 2.05) is 51.1 Å². The van der Waals surface area contributed by atoms with Gasteiger partial charge in [0.15, 0.2) is 0 Å². The van der Waals surface area contributed by atoms with Crippen molar-refractivity contribution < 1.29 is 4.79 Å². The monoisotopic (exact) mass is 271 g/mol. The summed E-state index contributed by atoms with van der Waals surface area (Å²) >= 11 is 0. The molecule has 2 rings (SSSR count). The smallest absolute Gasteiger partial charge is 0.272 e. The number of rotatable bonds is 5. The largest absolute Gasteiger partial charge is 0.385 e. The van der Waals surface area contributed by atoms with E-state index in [-0.39, 0.29) is 5.91 Å². The molecular weight excluding hydrogens is 250 g/mol. The van der Waals surface area contributed by atoms with Gasteiger partial charge < -0.3 is 10.2 Å². The Labute approximate surface area is 119 Å². The van der Waals surface area contributed by atoms with Crippen molar-refractivity contribution in [1.82, 2.24) is 9.88 Å². The third kappa shape index (κ3) is 2.74. The van der Waals surface area contributed by atoms with E-state index in [0.29, 0.717) is 18.8 Å². The molecule has 0 unspecified atom stereocenters. The van der Waals surface area contributed by atoms with Crippen LogP contribution in [-0.4, -0.2) is 35.4 Å². The number of nitrogens with zero attached hydrogens (tertiary/aromatic N) is 2. The maximum atomic E-state index is 12.4. The van der Waals surface area contributed by atoms with Crippen molar-refractivity contribution in [3.8, 4) is 0 Å². The van der Waals surface area contributed by atoms with Crippen molar-refractivity contribution >= 4 is 22.5 Å². The summed E-state index contributed by atoms with van der Waals surface area (Å²) in [5, 5.41) is 4.36. The summed E-state index contributed by atoms with van der Waals surface area (Å²) in [7, 11) is 0. The maximum absolute atomic E-state index is 12.4. The number of pyridine rings is 1. The third-order valence-electron chi connectivity index (χ3n) is 3.35. The van der Waals surface area contributed by atoms with Crippen LogP contribution < -0.4 is 5.32 Å². The van der Waals surface area contributed by atoms with Gasteiger partial charge >= 0.3 is 0 Å². The molecule has 2 aromatic rings. The van der Waals surface area contributed by atoms with Crippen molar-refractivity contribution in [1.29, 1.82) is 0 Å². The lowest BCUT2D eigenvalue weighted by Crippen LogP contribution is -2.31. The molecule has 106 valence electrons. The summed E-state index contributed by atoms with van der Waals surface area (Å²) in [6.07, 6.45) is 0. The highest BCUT2D eigenvalue weighted by Gasteiger charge is 2.16. The fourth-order valence-electron chi connectivity index (χ4n) is 2.29. The van der Waals surface area contributed by atoms with E-state index in [9.17, 15) is 4.79 Å². The highest BCUT2D eigenvalue weighted by Crippen LogP contribution is 2.23. The van der Waals surface area contributed by atoms with Crippen molar-refractivity contribution in [2.75, 3.05) is 25.0 Å². The van der Waals surface area contributed by atoms with Crippen LogP contribution in [0.3, 0.4) is 0 Å². The lowest BCUT2D eigenvalue weighted by atomic mass is 10.1. The summed E-state index contributed by atoms with van der Waals surface area (Å²) in [5.74, 6) is -0.0140. The Balaban J connectivity index is 2.52. The molecule has 0 aliphatic rings. The van der Waals surface area contributed by atoms with Gasteiger partial charge in [0.05, 0.1) is 5.52 Å². The van der Waals surface area contributed by atoms with Crippen molar-refractivity contribution in [2.24, 2.45) is 0 Å². The van der Waals surface area contributed by atoms with Crippen LogP contribution in [0.15, 0.2) is 30.3 Å². The SMILES string of the molecule is CCNc1cc(C(=O)N(CC)CC)nc2ccccc12. The quantitative estimate of drug-likeness (QED) is 0.908. The predicted octanol–water partition coefficient (Wildman–Crippen LogP) is 3.15. The number of nitrogens with one attached hydrogen (secondary N) is 1. The Kier molecular flexibility index (Phi) is 4.56. The van der Waals surface area contributed by atoms with Gasteiger partial charge in [-0.1, -0.05) is 18.2 Å². The zero-order valence-corrected chi connectivity index (χ0v) is 12.3. The van der Waals surface area contributed by atoms with Crippen LogP contribution in [0.4, 0.5) is 5.69 Å².